The largest absolute Gasteiger partial charge is 0.324 e. The lowest BCUT2D eigenvalue weighted by atomic mass is 9.88. The van der Waals surface area contributed by atoms with Gasteiger partial charge in [-0.05, 0) is 6.92 Å². The number of rotatable bonds is 1. The van der Waals surface area contributed by atoms with Crippen molar-refractivity contribution in [3.63, 3.8) is 0 Å². The molecule has 0 spiro atoms. The van der Waals surface area contributed by atoms with Gasteiger partial charge in [-0.25, -0.2) is 0 Å². The molecule has 0 unspecified atom stereocenters. The minimum Gasteiger partial charge on any atom is -0.324 e. The summed E-state index contributed by atoms with van der Waals surface area (Å²) >= 11 is 0. The zero-order valence-corrected chi connectivity index (χ0v) is 9.13. The molecule has 0 saturated heterocycles. The van der Waals surface area contributed by atoms with Crippen LogP contribution in [0.2, 0.25) is 0 Å². The van der Waals surface area contributed by atoms with Gasteiger partial charge in [0, 0.05) is 30.3 Å². The van der Waals surface area contributed by atoms with Gasteiger partial charge >= 0.3 is 0 Å². The van der Waals surface area contributed by atoms with E-state index in [0.29, 0.717) is 0 Å². The fourth-order valence-electron chi connectivity index (χ4n) is 1.42. The summed E-state index contributed by atoms with van der Waals surface area (Å²) in [5.74, 6) is 0. The first kappa shape index (κ1) is 10.3. The molecular formula is C10H19N3. The Morgan fingerprint density at radius 1 is 1.46 bits per heavy atom. The second kappa shape index (κ2) is 3.14. The monoisotopic (exact) mass is 181 g/mol. The molecule has 3 heteroatoms. The number of hydrogen-bond acceptors (Lipinski definition) is 2. The van der Waals surface area contributed by atoms with Crippen LogP contribution in [-0.2, 0) is 12.5 Å². The summed E-state index contributed by atoms with van der Waals surface area (Å²) < 4.78 is 1.83. The number of aryl methyl sites for hydroxylation is 1. The molecule has 0 aliphatic carbocycles. The Morgan fingerprint density at radius 3 is 2.31 bits per heavy atom. The van der Waals surface area contributed by atoms with Crippen molar-refractivity contribution in [3.05, 3.63) is 17.5 Å². The highest BCUT2D eigenvalue weighted by atomic mass is 15.3. The molecule has 0 bridgehead atoms. The van der Waals surface area contributed by atoms with Crippen LogP contribution >= 0.6 is 0 Å². The Hall–Kier alpha value is -0.830. The van der Waals surface area contributed by atoms with Gasteiger partial charge in [-0.3, -0.25) is 4.68 Å². The van der Waals surface area contributed by atoms with E-state index in [2.05, 4.69) is 25.9 Å². The van der Waals surface area contributed by atoms with Gasteiger partial charge in [0.05, 0.1) is 5.69 Å². The van der Waals surface area contributed by atoms with Gasteiger partial charge in [-0.1, -0.05) is 20.8 Å². The molecule has 0 fully saturated rings. The topological polar surface area (TPSA) is 43.8 Å². The van der Waals surface area contributed by atoms with Crippen LogP contribution in [-0.4, -0.2) is 9.78 Å². The van der Waals surface area contributed by atoms with E-state index in [1.165, 1.54) is 0 Å². The van der Waals surface area contributed by atoms with Crippen LogP contribution in [0.1, 0.15) is 45.0 Å². The summed E-state index contributed by atoms with van der Waals surface area (Å²) in [6.45, 7) is 8.45. The third-order valence-corrected chi connectivity index (χ3v) is 2.06. The van der Waals surface area contributed by atoms with Crippen molar-refractivity contribution >= 4 is 0 Å². The molecule has 1 aromatic rings. The zero-order chi connectivity index (χ0) is 10.2. The first-order valence-corrected chi connectivity index (χ1v) is 4.62. The van der Waals surface area contributed by atoms with E-state index in [0.717, 1.165) is 11.3 Å². The second-order valence-corrected chi connectivity index (χ2v) is 4.65. The summed E-state index contributed by atoms with van der Waals surface area (Å²) in [7, 11) is 1.93. The number of nitrogens with two attached hydrogens (primary N) is 1. The van der Waals surface area contributed by atoms with Gasteiger partial charge in [0.2, 0.25) is 0 Å². The highest BCUT2D eigenvalue weighted by molar-refractivity contribution is 5.26. The van der Waals surface area contributed by atoms with Crippen molar-refractivity contribution in [1.82, 2.24) is 9.78 Å². The highest BCUT2D eigenvalue weighted by Gasteiger charge is 2.23. The molecule has 1 atom stereocenters. The molecule has 0 saturated carbocycles. The van der Waals surface area contributed by atoms with E-state index in [4.69, 9.17) is 5.73 Å². The third kappa shape index (κ3) is 2.10. The predicted octanol–water partition coefficient (Wildman–Crippen LogP) is 1.74. The normalized spacial score (nSPS) is 14.6. The maximum atomic E-state index is 5.87. The van der Waals surface area contributed by atoms with Crippen molar-refractivity contribution in [2.24, 2.45) is 12.8 Å². The van der Waals surface area contributed by atoms with E-state index >= 15 is 0 Å². The standard InChI is InChI=1S/C10H19N3/c1-7(11)8-6-13(5)12-9(8)10(2,3)4/h6-7H,11H2,1-5H3/t7-/m0/s1. The van der Waals surface area contributed by atoms with Crippen LogP contribution in [0, 0.1) is 0 Å². The number of aromatic nitrogens is 2. The van der Waals surface area contributed by atoms with Gasteiger partial charge in [-0.2, -0.15) is 5.10 Å². The van der Waals surface area contributed by atoms with Gasteiger partial charge in [-0.15, -0.1) is 0 Å². The molecule has 1 heterocycles. The summed E-state index contributed by atoms with van der Waals surface area (Å²) in [5.41, 5.74) is 8.19. The van der Waals surface area contributed by atoms with Crippen LogP contribution < -0.4 is 5.73 Å². The SMILES string of the molecule is C[C@H](N)c1cn(C)nc1C(C)(C)C. The lowest BCUT2D eigenvalue weighted by molar-refractivity contribution is 0.544. The van der Waals surface area contributed by atoms with Crippen molar-refractivity contribution < 1.29 is 0 Å². The van der Waals surface area contributed by atoms with Gasteiger partial charge in [0.25, 0.3) is 0 Å². The minimum atomic E-state index is 0.0583. The van der Waals surface area contributed by atoms with Crippen LogP contribution in [0.15, 0.2) is 6.20 Å². The molecular weight excluding hydrogens is 162 g/mol. The summed E-state index contributed by atoms with van der Waals surface area (Å²) in [4.78, 5) is 0. The predicted molar refractivity (Wildman–Crippen MR) is 54.5 cm³/mol. The van der Waals surface area contributed by atoms with Gasteiger partial charge in [0.15, 0.2) is 0 Å². The Balaban J connectivity index is 3.20. The molecule has 2 N–H and O–H groups in total. The van der Waals surface area contributed by atoms with Crippen molar-refractivity contribution in [2.75, 3.05) is 0 Å². The second-order valence-electron chi connectivity index (χ2n) is 4.65. The van der Waals surface area contributed by atoms with Gasteiger partial charge in [0.1, 0.15) is 0 Å². The Morgan fingerprint density at radius 2 is 2.00 bits per heavy atom. The fraction of sp³-hybridized carbons (Fsp3) is 0.700. The molecule has 0 aliphatic heterocycles. The van der Waals surface area contributed by atoms with Crippen molar-refractivity contribution in [1.29, 1.82) is 0 Å². The zero-order valence-electron chi connectivity index (χ0n) is 9.13. The van der Waals surface area contributed by atoms with Gasteiger partial charge < -0.3 is 5.73 Å². The average molecular weight is 181 g/mol. The van der Waals surface area contributed by atoms with Crippen LogP contribution in [0.5, 0.6) is 0 Å². The quantitative estimate of drug-likeness (QED) is 0.717. The van der Waals surface area contributed by atoms with Crippen LogP contribution in [0.3, 0.4) is 0 Å². The van der Waals surface area contributed by atoms with Crippen molar-refractivity contribution in [2.45, 2.75) is 39.2 Å². The number of hydrogen-bond donors (Lipinski definition) is 1. The Labute approximate surface area is 79.9 Å². The average Bonchev–Trinajstić information content (AvgIpc) is 2.29. The summed E-state index contributed by atoms with van der Waals surface area (Å²) in [6.07, 6.45) is 2.01. The van der Waals surface area contributed by atoms with Crippen LogP contribution in [0.25, 0.3) is 0 Å². The van der Waals surface area contributed by atoms with E-state index < -0.39 is 0 Å². The number of nitrogens with zero attached hydrogens (tertiary/aromatic N) is 2. The summed E-state index contributed by atoms with van der Waals surface area (Å²) in [6, 6.07) is 0.0583. The van der Waals surface area contributed by atoms with E-state index in [-0.39, 0.29) is 11.5 Å². The first-order valence-electron chi connectivity index (χ1n) is 4.62. The van der Waals surface area contributed by atoms with E-state index in [1.807, 2.05) is 24.9 Å². The molecule has 1 rings (SSSR count). The Bertz CT molecular complexity index is 292. The molecule has 0 amide bonds. The maximum Gasteiger partial charge on any atom is 0.0725 e. The van der Waals surface area contributed by atoms with E-state index in [9.17, 15) is 0 Å². The Kier molecular flexibility index (Phi) is 2.48. The maximum absolute atomic E-state index is 5.87. The molecule has 0 aromatic carbocycles. The molecule has 1 aromatic heterocycles. The smallest absolute Gasteiger partial charge is 0.0725 e. The molecule has 3 nitrogen and oxygen atoms in total. The molecule has 0 aliphatic rings. The molecule has 13 heavy (non-hydrogen) atoms. The first-order chi connectivity index (χ1) is 5.82. The van der Waals surface area contributed by atoms with E-state index in [1.54, 1.807) is 0 Å². The minimum absolute atomic E-state index is 0.0583. The lowest BCUT2D eigenvalue weighted by Crippen LogP contribution is -2.17. The van der Waals surface area contributed by atoms with Crippen molar-refractivity contribution in [3.8, 4) is 0 Å². The summed E-state index contributed by atoms with van der Waals surface area (Å²) in [5, 5.41) is 4.44. The highest BCUT2D eigenvalue weighted by Crippen LogP contribution is 2.26. The fourth-order valence-corrected chi connectivity index (χ4v) is 1.42. The third-order valence-electron chi connectivity index (χ3n) is 2.06. The molecule has 0 radical (unpaired) electrons. The lowest BCUT2D eigenvalue weighted by Gasteiger charge is -2.18. The molecule has 74 valence electrons. The van der Waals surface area contributed by atoms with Crippen LogP contribution in [0.4, 0.5) is 0 Å².